The summed E-state index contributed by atoms with van der Waals surface area (Å²) in [5, 5.41) is 42.3. The number of aromatic hydroxyl groups is 1. The molecule has 34 nitrogen and oxygen atoms in total. The molecule has 9 atom stereocenters. The van der Waals surface area contributed by atoms with Crippen molar-refractivity contribution in [2.75, 3.05) is 85.0 Å². The summed E-state index contributed by atoms with van der Waals surface area (Å²) in [5.41, 5.74) is 22.0. The van der Waals surface area contributed by atoms with E-state index in [-0.39, 0.29) is 203 Å². The third-order valence-corrected chi connectivity index (χ3v) is 20.4. The Morgan fingerprint density at radius 3 is 1.88 bits per heavy atom. The van der Waals surface area contributed by atoms with Crippen molar-refractivity contribution in [2.24, 2.45) is 56.1 Å². The number of hydrogen-bond donors (Lipinski definition) is 12. The number of carbonyl (C=O) groups excluding carboxylic acids is 12. The number of thioether (sulfide) groups is 1. The standard InChI is InChI=1S/C74H119N15O19S/c1-46(2)41-54(85-66(100)56-20-15-34-87(56)67(101)53(83-47(3)90)17-10-11-29-79-61(94)27-36-107-38-39-108-37-32-80-62(95)28-40-109-60-45-63(96)89(70(60)104)33-12-8-9-22-64(97)98)68(102)88-35-16-21-57(88)69(103)86(7)55(19-14-31-82-73(77)78)59(93)44-51(74(4,5)6)65(99)84-52(18-13-30-81-72(75)76)58(92)43-49(71(105)106)42-48-23-25-50(91)26-24-48/h23-26,46,49,51-57,60,91H,8-22,27-45H2,1-7H3,(H,79,94)(H,80,95)(H,83,90)(H,84,99)(H,85,100)(H,97,98)(H,105,106)(H4,75,76,81)(H4,77,78,82)/t49-,51-,52+,53+,54+,55+,56+,57+,60?/m1/s1. The van der Waals surface area contributed by atoms with Crippen LogP contribution in [0.3, 0.4) is 0 Å². The summed E-state index contributed by atoms with van der Waals surface area (Å²) in [6, 6.07) is -0.741. The number of unbranched alkanes of at least 4 members (excludes halogenated alkanes) is 3. The molecule has 10 amide bonds. The van der Waals surface area contributed by atoms with E-state index < -0.39 is 131 Å². The van der Waals surface area contributed by atoms with Gasteiger partial charge in [0.2, 0.25) is 59.1 Å². The van der Waals surface area contributed by atoms with Gasteiger partial charge in [-0.05, 0) is 125 Å². The van der Waals surface area contributed by atoms with Crippen molar-refractivity contribution < 1.29 is 91.9 Å². The molecule has 610 valence electrons. The van der Waals surface area contributed by atoms with Crippen molar-refractivity contribution >= 4 is 106 Å². The van der Waals surface area contributed by atoms with Crippen LogP contribution in [0.15, 0.2) is 34.3 Å². The Morgan fingerprint density at radius 2 is 1.27 bits per heavy atom. The van der Waals surface area contributed by atoms with E-state index in [0.717, 1.165) is 0 Å². The third-order valence-electron chi connectivity index (χ3n) is 19.2. The number of likely N-dealkylation sites (N-methyl/N-ethyl adjacent to an activating group) is 1. The van der Waals surface area contributed by atoms with E-state index in [1.54, 1.807) is 32.9 Å². The van der Waals surface area contributed by atoms with Gasteiger partial charge < -0.3 is 89.0 Å². The average Bonchev–Trinajstić information content (AvgIpc) is 1.77. The van der Waals surface area contributed by atoms with Crippen LogP contribution in [0.1, 0.15) is 182 Å². The minimum absolute atomic E-state index is 0.0118. The number of guanidine groups is 2. The fourth-order valence-corrected chi connectivity index (χ4v) is 14.5. The number of carboxylic acids is 2. The van der Waals surface area contributed by atoms with Crippen LogP contribution < -0.4 is 49.5 Å². The van der Waals surface area contributed by atoms with Crippen molar-refractivity contribution in [3.8, 4) is 5.75 Å². The van der Waals surface area contributed by atoms with Crippen molar-refractivity contribution in [3.05, 3.63) is 29.8 Å². The highest BCUT2D eigenvalue weighted by molar-refractivity contribution is 8.00. The number of phenols is 1. The number of hydrogen-bond acceptors (Lipinski definition) is 20. The predicted molar refractivity (Wildman–Crippen MR) is 406 cm³/mol. The molecular formula is C74H119N15O19S. The number of phenolic OH excluding ortho intramolecular Hbond substituents is 1. The number of benzene rings is 1. The Balaban J connectivity index is 1.30. The van der Waals surface area contributed by atoms with Crippen LogP contribution in [-0.4, -0.2) is 256 Å². The number of rotatable bonds is 52. The van der Waals surface area contributed by atoms with Gasteiger partial charge in [0.05, 0.1) is 49.7 Å². The lowest BCUT2D eigenvalue weighted by atomic mass is 9.76. The molecule has 0 radical (unpaired) electrons. The van der Waals surface area contributed by atoms with Gasteiger partial charge in [0.25, 0.3) is 0 Å². The molecule has 0 saturated carbocycles. The molecule has 3 aliphatic rings. The Morgan fingerprint density at radius 1 is 0.670 bits per heavy atom. The summed E-state index contributed by atoms with van der Waals surface area (Å²) in [7, 11) is 1.44. The summed E-state index contributed by atoms with van der Waals surface area (Å²) in [6.45, 7) is 12.2. The van der Waals surface area contributed by atoms with Gasteiger partial charge >= 0.3 is 11.9 Å². The molecule has 1 aromatic carbocycles. The number of aliphatic imine (C=N–C) groups is 2. The number of ether oxygens (including phenoxy) is 2. The summed E-state index contributed by atoms with van der Waals surface area (Å²) in [6.07, 6.45) is 3.97. The predicted octanol–water partition coefficient (Wildman–Crippen LogP) is 1.37. The zero-order chi connectivity index (χ0) is 80.9. The second-order valence-corrected chi connectivity index (χ2v) is 30.8. The number of amides is 10. The van der Waals surface area contributed by atoms with Gasteiger partial charge in [-0.1, -0.05) is 53.2 Å². The zero-order valence-electron chi connectivity index (χ0n) is 64.4. The zero-order valence-corrected chi connectivity index (χ0v) is 65.2. The first kappa shape index (κ1) is 92.4. The van der Waals surface area contributed by atoms with Gasteiger partial charge in [-0.15, -0.1) is 11.8 Å². The molecule has 4 rings (SSSR count). The van der Waals surface area contributed by atoms with Crippen molar-refractivity contribution in [2.45, 2.75) is 224 Å². The van der Waals surface area contributed by atoms with Crippen LogP contribution >= 0.6 is 11.8 Å². The van der Waals surface area contributed by atoms with Crippen molar-refractivity contribution in [3.63, 3.8) is 0 Å². The van der Waals surface area contributed by atoms with Gasteiger partial charge in [0, 0.05) is 110 Å². The molecule has 3 saturated heterocycles. The molecule has 3 aliphatic heterocycles. The maximum absolute atomic E-state index is 15.0. The summed E-state index contributed by atoms with van der Waals surface area (Å²) >= 11 is 1.26. The lowest BCUT2D eigenvalue weighted by molar-refractivity contribution is -0.149. The first-order chi connectivity index (χ1) is 51.6. The summed E-state index contributed by atoms with van der Waals surface area (Å²) in [4.78, 5) is 202. The molecule has 0 spiro atoms. The Labute approximate surface area is 642 Å². The summed E-state index contributed by atoms with van der Waals surface area (Å²) in [5.74, 6) is -10.2. The van der Waals surface area contributed by atoms with Crippen molar-refractivity contribution in [1.82, 2.24) is 46.2 Å². The highest BCUT2D eigenvalue weighted by Gasteiger charge is 2.45. The molecule has 16 N–H and O–H groups in total. The maximum atomic E-state index is 15.0. The number of likely N-dealkylation sites (tertiary alicyclic amines) is 3. The fourth-order valence-electron chi connectivity index (χ4n) is 13.3. The topological polar surface area (TPSA) is 520 Å². The quantitative estimate of drug-likeness (QED) is 0.0190. The molecule has 0 aliphatic carbocycles. The normalized spacial score (nSPS) is 17.3. The number of nitrogens with one attached hydrogen (secondary N) is 5. The number of aliphatic carboxylic acids is 2. The fraction of sp³-hybridized carbons (Fsp3) is 0.703. The van der Waals surface area contributed by atoms with E-state index in [0.29, 0.717) is 56.3 Å². The molecule has 35 heteroatoms. The monoisotopic (exact) mass is 1550 g/mol. The van der Waals surface area contributed by atoms with E-state index in [4.69, 9.17) is 37.5 Å². The minimum atomic E-state index is -1.25. The summed E-state index contributed by atoms with van der Waals surface area (Å²) < 4.78 is 11.1. The number of nitrogens with zero attached hydrogens (tertiary/aromatic N) is 6. The van der Waals surface area contributed by atoms with E-state index in [2.05, 4.69) is 36.6 Å². The second kappa shape index (κ2) is 47.8. The number of carboxylic acid groups (broad SMARTS) is 2. The number of Topliss-reactive ketones (excluding diaryl/α,β-unsaturated/α-hetero) is 2. The molecule has 1 aromatic rings. The minimum Gasteiger partial charge on any atom is -0.508 e. The van der Waals surface area contributed by atoms with Crippen LogP contribution in [-0.2, 0) is 83.0 Å². The SMILES string of the molecule is CC(=O)N[C@@H](CCCCNC(=O)CCOCCOCCNC(=O)CCSC1CC(=O)N(CCCCCC(=O)O)C1=O)C(=O)N1CCC[C@H]1C(=O)N[C@@H](CC(C)C)C(=O)N1CCC[C@H]1C(=O)N(C)[C@@H](CCCN=C(N)N)C(=O)C[C@H](C(=O)N[C@@H](CCCN=C(N)N)C(=O)C[C@@H](Cc1ccc(O)cc1)C(=O)O)C(C)(C)C. The van der Waals surface area contributed by atoms with Gasteiger partial charge in [-0.2, -0.15) is 0 Å². The second-order valence-electron chi connectivity index (χ2n) is 29.5. The molecule has 109 heavy (non-hydrogen) atoms. The number of ketones is 2. The van der Waals surface area contributed by atoms with Gasteiger partial charge in [-0.25, -0.2) is 0 Å². The molecule has 3 fully saturated rings. The highest BCUT2D eigenvalue weighted by atomic mass is 32.2. The van der Waals surface area contributed by atoms with E-state index in [9.17, 15) is 77.3 Å². The number of imide groups is 1. The van der Waals surface area contributed by atoms with Crippen LogP contribution in [0.25, 0.3) is 0 Å². The highest BCUT2D eigenvalue weighted by Crippen LogP contribution is 2.33. The van der Waals surface area contributed by atoms with Crippen LogP contribution in [0.4, 0.5) is 0 Å². The van der Waals surface area contributed by atoms with Gasteiger partial charge in [0.15, 0.2) is 23.5 Å². The van der Waals surface area contributed by atoms with Crippen LogP contribution in [0.2, 0.25) is 0 Å². The first-order valence-corrected chi connectivity index (χ1v) is 38.9. The Hall–Kier alpha value is -8.99. The Kier molecular flexibility index (Phi) is 40.5. The van der Waals surface area contributed by atoms with Crippen LogP contribution in [0.5, 0.6) is 5.75 Å². The van der Waals surface area contributed by atoms with E-state index in [1.807, 2.05) is 13.8 Å². The molecule has 3 heterocycles. The largest absolute Gasteiger partial charge is 0.508 e. The number of nitrogens with two attached hydrogens (primary N) is 4. The maximum Gasteiger partial charge on any atom is 0.307 e. The van der Waals surface area contributed by atoms with Gasteiger partial charge in [-0.3, -0.25) is 82.0 Å². The van der Waals surface area contributed by atoms with Crippen LogP contribution in [0, 0.1) is 23.2 Å². The third kappa shape index (κ3) is 33.4. The Bertz CT molecular complexity index is 3290. The smallest absolute Gasteiger partial charge is 0.307 e. The van der Waals surface area contributed by atoms with E-state index in [1.165, 1.54) is 57.5 Å². The first-order valence-electron chi connectivity index (χ1n) is 37.9. The molecule has 0 aromatic heterocycles. The molecule has 0 bridgehead atoms. The molecular weight excluding hydrogens is 1430 g/mol. The lowest BCUT2D eigenvalue weighted by Gasteiger charge is -2.36. The average molecular weight is 1550 g/mol. The van der Waals surface area contributed by atoms with Gasteiger partial charge in [0.1, 0.15) is 29.9 Å². The van der Waals surface area contributed by atoms with E-state index >= 15 is 0 Å². The number of carbonyl (C=O) groups is 14. The lowest BCUT2D eigenvalue weighted by Crippen LogP contribution is -2.58. The van der Waals surface area contributed by atoms with Crippen molar-refractivity contribution in [1.29, 1.82) is 0 Å². The molecule has 1 unspecified atom stereocenters.